The van der Waals surface area contributed by atoms with Crippen LogP contribution in [-0.4, -0.2) is 9.67 Å². The molecule has 1 aromatic heterocycles. The zero-order chi connectivity index (χ0) is 11.2. The average molecular weight is 244 g/mol. The van der Waals surface area contributed by atoms with E-state index in [0.717, 1.165) is 22.0 Å². The van der Waals surface area contributed by atoms with Crippen LogP contribution in [0.2, 0.25) is 10.2 Å². The second-order valence-corrected chi connectivity index (χ2v) is 4.32. The Bertz CT molecular complexity index is 531. The highest BCUT2D eigenvalue weighted by atomic mass is 35.5. The summed E-state index contributed by atoms with van der Waals surface area (Å²) >= 11 is 12.2. The third kappa shape index (κ3) is 1.44. The summed E-state index contributed by atoms with van der Waals surface area (Å²) in [4.78, 5) is 0. The number of nitrogens with zero attached hydrogens (tertiary/aromatic N) is 1. The third-order valence-corrected chi connectivity index (χ3v) is 3.62. The van der Waals surface area contributed by atoms with E-state index in [0.29, 0.717) is 10.2 Å². The average Bonchev–Trinajstić information content (AvgIpc) is 2.46. The van der Waals surface area contributed by atoms with E-state index in [1.54, 1.807) is 0 Å². The minimum atomic E-state index is -0.0583. The van der Waals surface area contributed by atoms with Crippen LogP contribution >= 0.6 is 23.2 Å². The SMILES string of the molecule is Cc1c(Cl)ccc2c(CO)c(Cl)n(C)c12. The molecular weight excluding hydrogens is 233 g/mol. The molecule has 0 amide bonds. The largest absolute Gasteiger partial charge is 0.392 e. The van der Waals surface area contributed by atoms with Crippen molar-refractivity contribution in [1.82, 2.24) is 4.57 Å². The van der Waals surface area contributed by atoms with E-state index in [4.69, 9.17) is 23.2 Å². The summed E-state index contributed by atoms with van der Waals surface area (Å²) in [7, 11) is 1.87. The van der Waals surface area contributed by atoms with Crippen molar-refractivity contribution in [2.75, 3.05) is 0 Å². The lowest BCUT2D eigenvalue weighted by atomic mass is 10.1. The van der Waals surface area contributed by atoms with Gasteiger partial charge in [-0.2, -0.15) is 0 Å². The fourth-order valence-electron chi connectivity index (χ4n) is 1.91. The van der Waals surface area contributed by atoms with Crippen molar-refractivity contribution in [1.29, 1.82) is 0 Å². The number of aromatic nitrogens is 1. The van der Waals surface area contributed by atoms with E-state index in [1.807, 2.05) is 30.7 Å². The zero-order valence-electron chi connectivity index (χ0n) is 8.51. The van der Waals surface area contributed by atoms with Gasteiger partial charge in [-0.05, 0) is 18.6 Å². The van der Waals surface area contributed by atoms with Gasteiger partial charge in [-0.3, -0.25) is 0 Å². The van der Waals surface area contributed by atoms with Gasteiger partial charge in [0, 0.05) is 23.0 Å². The number of aryl methyl sites for hydroxylation is 2. The molecule has 0 saturated heterocycles. The highest BCUT2D eigenvalue weighted by molar-refractivity contribution is 6.34. The molecule has 1 heterocycles. The minimum absolute atomic E-state index is 0.0583. The first kappa shape index (κ1) is 10.8. The van der Waals surface area contributed by atoms with E-state index in [1.165, 1.54) is 0 Å². The smallest absolute Gasteiger partial charge is 0.115 e. The van der Waals surface area contributed by atoms with Crippen LogP contribution in [0.4, 0.5) is 0 Å². The fraction of sp³-hybridized carbons (Fsp3) is 0.273. The maximum absolute atomic E-state index is 9.26. The number of aliphatic hydroxyl groups is 1. The Kier molecular flexibility index (Phi) is 2.67. The molecule has 1 aromatic carbocycles. The van der Waals surface area contributed by atoms with E-state index in [9.17, 15) is 5.11 Å². The summed E-state index contributed by atoms with van der Waals surface area (Å²) < 4.78 is 1.85. The quantitative estimate of drug-likeness (QED) is 0.818. The summed E-state index contributed by atoms with van der Waals surface area (Å²) in [6, 6.07) is 3.72. The second kappa shape index (κ2) is 3.71. The highest BCUT2D eigenvalue weighted by Gasteiger charge is 2.15. The van der Waals surface area contributed by atoms with Gasteiger partial charge in [0.15, 0.2) is 0 Å². The zero-order valence-corrected chi connectivity index (χ0v) is 10.0. The second-order valence-electron chi connectivity index (χ2n) is 3.56. The normalized spacial score (nSPS) is 11.3. The predicted octanol–water partition coefficient (Wildman–Crippen LogP) is 3.29. The summed E-state index contributed by atoms with van der Waals surface area (Å²) in [6.45, 7) is 1.89. The number of fused-ring (bicyclic) bond motifs is 1. The van der Waals surface area contributed by atoms with Crippen LogP contribution in [0.25, 0.3) is 10.9 Å². The lowest BCUT2D eigenvalue weighted by Crippen LogP contribution is -1.90. The molecule has 0 fully saturated rings. The monoisotopic (exact) mass is 243 g/mol. The third-order valence-electron chi connectivity index (χ3n) is 2.73. The number of rotatable bonds is 1. The molecule has 2 aromatic rings. The molecular formula is C11H11Cl2NO. The Balaban J connectivity index is 2.97. The van der Waals surface area contributed by atoms with Gasteiger partial charge in [0.1, 0.15) is 5.15 Å². The Hall–Kier alpha value is -0.700. The van der Waals surface area contributed by atoms with Gasteiger partial charge in [0.2, 0.25) is 0 Å². The lowest BCUT2D eigenvalue weighted by Gasteiger charge is -2.03. The molecule has 0 aliphatic rings. The first-order valence-corrected chi connectivity index (χ1v) is 5.36. The molecule has 2 nitrogen and oxygen atoms in total. The van der Waals surface area contributed by atoms with Gasteiger partial charge in [0.05, 0.1) is 12.1 Å². The molecule has 0 atom stereocenters. The Morgan fingerprint density at radius 1 is 1.33 bits per heavy atom. The summed E-state index contributed by atoms with van der Waals surface area (Å²) in [5, 5.41) is 11.5. The number of benzene rings is 1. The number of halogens is 2. The lowest BCUT2D eigenvalue weighted by molar-refractivity contribution is 0.283. The van der Waals surface area contributed by atoms with Crippen LogP contribution in [0.15, 0.2) is 12.1 Å². The summed E-state index contributed by atoms with van der Waals surface area (Å²) in [5.74, 6) is 0. The molecule has 1 N–H and O–H groups in total. The van der Waals surface area contributed by atoms with Crippen molar-refractivity contribution in [2.45, 2.75) is 13.5 Å². The predicted molar refractivity (Wildman–Crippen MR) is 63.6 cm³/mol. The highest BCUT2D eigenvalue weighted by Crippen LogP contribution is 2.33. The Morgan fingerprint density at radius 2 is 2.00 bits per heavy atom. The standard InChI is InChI=1S/C11H11Cl2NO/c1-6-9(12)4-3-7-8(5-15)11(13)14(2)10(6)7/h3-4,15H,5H2,1-2H3. The minimum Gasteiger partial charge on any atom is -0.392 e. The van der Waals surface area contributed by atoms with E-state index >= 15 is 0 Å². The fourth-order valence-corrected chi connectivity index (χ4v) is 2.31. The molecule has 15 heavy (non-hydrogen) atoms. The van der Waals surface area contributed by atoms with Crippen LogP contribution < -0.4 is 0 Å². The van der Waals surface area contributed by atoms with E-state index in [-0.39, 0.29) is 6.61 Å². The molecule has 2 rings (SSSR count). The van der Waals surface area contributed by atoms with Crippen LogP contribution in [-0.2, 0) is 13.7 Å². The van der Waals surface area contributed by atoms with Gasteiger partial charge < -0.3 is 9.67 Å². The molecule has 0 unspecified atom stereocenters. The molecule has 0 saturated carbocycles. The van der Waals surface area contributed by atoms with Crippen LogP contribution in [0, 0.1) is 6.92 Å². The van der Waals surface area contributed by atoms with Crippen molar-refractivity contribution in [3.05, 3.63) is 33.4 Å². The molecule has 80 valence electrons. The van der Waals surface area contributed by atoms with Crippen LogP contribution in [0.3, 0.4) is 0 Å². The number of hydrogen-bond donors (Lipinski definition) is 1. The molecule has 0 aliphatic carbocycles. The molecule has 0 bridgehead atoms. The van der Waals surface area contributed by atoms with Crippen molar-refractivity contribution in [3.63, 3.8) is 0 Å². The van der Waals surface area contributed by atoms with Gasteiger partial charge >= 0.3 is 0 Å². The number of aliphatic hydroxyl groups excluding tert-OH is 1. The summed E-state index contributed by atoms with van der Waals surface area (Å²) in [6.07, 6.45) is 0. The van der Waals surface area contributed by atoms with E-state index in [2.05, 4.69) is 0 Å². The summed E-state index contributed by atoms with van der Waals surface area (Å²) in [5.41, 5.74) is 2.73. The van der Waals surface area contributed by atoms with Crippen molar-refractivity contribution in [2.24, 2.45) is 7.05 Å². The van der Waals surface area contributed by atoms with Crippen LogP contribution in [0.5, 0.6) is 0 Å². The van der Waals surface area contributed by atoms with Crippen molar-refractivity contribution in [3.8, 4) is 0 Å². The van der Waals surface area contributed by atoms with Crippen LogP contribution in [0.1, 0.15) is 11.1 Å². The maximum Gasteiger partial charge on any atom is 0.115 e. The Labute approximate surface area is 98.0 Å². The van der Waals surface area contributed by atoms with E-state index < -0.39 is 0 Å². The number of hydrogen-bond acceptors (Lipinski definition) is 1. The molecule has 0 radical (unpaired) electrons. The first-order valence-electron chi connectivity index (χ1n) is 4.60. The molecule has 0 spiro atoms. The molecule has 0 aliphatic heterocycles. The first-order chi connectivity index (χ1) is 7.07. The van der Waals surface area contributed by atoms with Gasteiger partial charge in [-0.15, -0.1) is 0 Å². The molecule has 4 heteroatoms. The van der Waals surface area contributed by atoms with Crippen molar-refractivity contribution < 1.29 is 5.11 Å². The topological polar surface area (TPSA) is 25.2 Å². The Morgan fingerprint density at radius 3 is 2.60 bits per heavy atom. The van der Waals surface area contributed by atoms with Crippen molar-refractivity contribution >= 4 is 34.1 Å². The van der Waals surface area contributed by atoms with Gasteiger partial charge in [-0.1, -0.05) is 29.3 Å². The maximum atomic E-state index is 9.26. The van der Waals surface area contributed by atoms with Gasteiger partial charge in [-0.25, -0.2) is 0 Å². The van der Waals surface area contributed by atoms with Gasteiger partial charge in [0.25, 0.3) is 0 Å².